The maximum atomic E-state index is 11.2. The minimum Gasteiger partial charge on any atom is -0.482 e. The van der Waals surface area contributed by atoms with Gasteiger partial charge in [-0.1, -0.05) is 21.4 Å². The number of hydrogen-bond donors (Lipinski definition) is 0. The summed E-state index contributed by atoms with van der Waals surface area (Å²) >= 11 is 3.25. The molecule has 0 bridgehead atoms. The maximum Gasteiger partial charge on any atom is 0.251 e. The second-order valence-electron chi connectivity index (χ2n) is 2.89. The van der Waals surface area contributed by atoms with Gasteiger partial charge in [-0.15, -0.1) is 0 Å². The Morgan fingerprint density at radius 2 is 2.21 bits per heavy atom. The highest BCUT2D eigenvalue weighted by atomic mass is 79.9. The van der Waals surface area contributed by atoms with Crippen molar-refractivity contribution in [1.82, 2.24) is 0 Å². The Hall–Kier alpha value is -0.900. The normalized spacial score (nSPS) is 14.9. The van der Waals surface area contributed by atoms with E-state index in [2.05, 4.69) is 15.9 Å². The summed E-state index contributed by atoms with van der Waals surface area (Å²) in [5, 5.41) is 0. The van der Waals surface area contributed by atoms with Crippen LogP contribution in [-0.2, 0) is 4.79 Å². The van der Waals surface area contributed by atoms with Gasteiger partial charge in [-0.2, -0.15) is 0 Å². The van der Waals surface area contributed by atoms with Crippen molar-refractivity contribution in [2.45, 2.75) is 0 Å². The number of rotatable bonds is 0. The van der Waals surface area contributed by atoms with Crippen LogP contribution in [0, 0.1) is 0 Å². The highest BCUT2D eigenvalue weighted by Gasteiger charge is 2.22. The van der Waals surface area contributed by atoms with Crippen LogP contribution in [0.3, 0.4) is 0 Å². The number of carbonyl (C=O) groups excluding carboxylic acids is 1. The van der Waals surface area contributed by atoms with Gasteiger partial charge in [-0.3, -0.25) is 4.79 Å². The van der Waals surface area contributed by atoms with E-state index in [1.807, 2.05) is 0 Å². The Labute approximate surface area is 92.4 Å². The third-order valence-electron chi connectivity index (χ3n) is 1.96. The van der Waals surface area contributed by atoms with E-state index < -0.39 is 0 Å². The molecule has 1 aromatic carbocycles. The average molecular weight is 248 g/mol. The van der Waals surface area contributed by atoms with E-state index in [1.165, 1.54) is 0 Å². The number of anilines is 1. The van der Waals surface area contributed by atoms with Gasteiger partial charge in [0, 0.05) is 4.47 Å². The van der Waals surface area contributed by atoms with Gasteiger partial charge in [0.1, 0.15) is 13.6 Å². The lowest BCUT2D eigenvalue weighted by molar-refractivity contribution is -0.120. The lowest BCUT2D eigenvalue weighted by Gasteiger charge is -2.27. The zero-order chi connectivity index (χ0) is 10.3. The van der Waals surface area contributed by atoms with E-state index in [0.717, 1.165) is 4.81 Å². The summed E-state index contributed by atoms with van der Waals surface area (Å²) in [5.41, 5.74) is 1.06. The highest BCUT2D eigenvalue weighted by molar-refractivity contribution is 9.10. The first kappa shape index (κ1) is 9.65. The van der Waals surface area contributed by atoms with Crippen LogP contribution < -0.4 is 15.0 Å². The molecule has 0 saturated carbocycles. The van der Waals surface area contributed by atoms with Crippen LogP contribution in [0.1, 0.15) is 0 Å². The van der Waals surface area contributed by atoms with Crippen molar-refractivity contribution in [1.29, 1.82) is 0 Å². The Morgan fingerprint density at radius 1 is 1.50 bits per heavy atom. The predicted octanol–water partition coefficient (Wildman–Crippen LogP) is 0.0518. The second kappa shape index (κ2) is 3.35. The molecule has 6 heteroatoms. The minimum absolute atomic E-state index is 0.0510. The van der Waals surface area contributed by atoms with Gasteiger partial charge in [-0.25, -0.2) is 0 Å². The van der Waals surface area contributed by atoms with Gasteiger partial charge in [0.25, 0.3) is 5.91 Å². The lowest BCUT2D eigenvalue weighted by atomic mass is 9.95. The molecule has 0 unspecified atom stereocenters. The molecule has 0 aliphatic carbocycles. The monoisotopic (exact) mass is 247 g/mol. The van der Waals surface area contributed by atoms with Crippen molar-refractivity contribution in [2.75, 3.05) is 11.4 Å². The third-order valence-corrected chi connectivity index (χ3v) is 2.64. The van der Waals surface area contributed by atoms with Gasteiger partial charge in [0.05, 0.1) is 5.69 Å². The fourth-order valence-corrected chi connectivity index (χ4v) is 1.54. The number of benzene rings is 1. The average Bonchev–Trinajstić information content (AvgIpc) is 2.15. The van der Waals surface area contributed by atoms with Crippen LogP contribution in [0.5, 0.6) is 5.75 Å². The Morgan fingerprint density at radius 3 is 2.93 bits per heavy atom. The fourth-order valence-electron chi connectivity index (χ4n) is 1.21. The van der Waals surface area contributed by atoms with E-state index in [-0.39, 0.29) is 12.5 Å². The number of ether oxygens (including phenoxy) is 1. The molecule has 1 aromatic rings. The van der Waals surface area contributed by atoms with Crippen molar-refractivity contribution < 1.29 is 9.53 Å². The first-order valence-corrected chi connectivity index (χ1v) is 4.68. The predicted molar refractivity (Wildman–Crippen MR) is 58.3 cm³/mol. The molecule has 1 aliphatic heterocycles. The zero-order valence-electron chi connectivity index (χ0n) is 7.16. The molecule has 0 atom stereocenters. The number of halogens is 1. The highest BCUT2D eigenvalue weighted by Crippen LogP contribution is 2.31. The molecule has 2 rings (SSSR count). The molecule has 1 amide bonds. The summed E-state index contributed by atoms with van der Waals surface area (Å²) < 4.78 is 5.86. The van der Waals surface area contributed by atoms with Gasteiger partial charge < -0.3 is 9.55 Å². The topological polar surface area (TPSA) is 29.5 Å². The SMILES string of the molecule is [B]c1cc2c(cc1Br)N([B])C(=O)CO2. The second-order valence-corrected chi connectivity index (χ2v) is 3.75. The largest absolute Gasteiger partial charge is 0.482 e. The van der Waals surface area contributed by atoms with Gasteiger partial charge >= 0.3 is 0 Å². The number of amides is 1. The smallest absolute Gasteiger partial charge is 0.251 e. The summed E-state index contributed by atoms with van der Waals surface area (Å²) in [7, 11) is 11.2. The molecule has 66 valence electrons. The molecule has 0 spiro atoms. The standard InChI is InChI=1S/C8H4B2BrNO2/c9-4-1-7-6(2-5(4)11)12(10)8(13)3-14-7/h1-2H,3H2. The molecule has 14 heavy (non-hydrogen) atoms. The van der Waals surface area contributed by atoms with Crippen LogP contribution in [-0.4, -0.2) is 28.3 Å². The van der Waals surface area contributed by atoms with E-state index in [4.69, 9.17) is 20.6 Å². The third kappa shape index (κ3) is 1.43. The molecule has 0 fully saturated rings. The quantitative estimate of drug-likeness (QED) is 0.607. The summed E-state index contributed by atoms with van der Waals surface area (Å²) in [4.78, 5) is 12.2. The van der Waals surface area contributed by atoms with E-state index in [9.17, 15) is 4.79 Å². The summed E-state index contributed by atoms with van der Waals surface area (Å²) in [6.45, 7) is -0.0510. The zero-order valence-corrected chi connectivity index (χ0v) is 8.74. The van der Waals surface area contributed by atoms with Gasteiger partial charge in [-0.05, 0) is 12.1 Å². The lowest BCUT2D eigenvalue weighted by Crippen LogP contribution is -2.37. The first-order chi connectivity index (χ1) is 6.59. The van der Waals surface area contributed by atoms with Crippen LogP contribution in [0.25, 0.3) is 0 Å². The van der Waals surface area contributed by atoms with Crippen molar-refractivity contribution in [2.24, 2.45) is 0 Å². The molecular formula is C8H4B2BrNO2. The molecule has 1 aliphatic rings. The number of nitrogens with zero attached hydrogens (tertiary/aromatic N) is 1. The summed E-state index contributed by atoms with van der Waals surface area (Å²) in [5.74, 6) is 0.238. The van der Waals surface area contributed by atoms with Crippen LogP contribution >= 0.6 is 15.9 Å². The Balaban J connectivity index is 2.55. The number of carbonyl (C=O) groups is 1. The van der Waals surface area contributed by atoms with Crippen LogP contribution in [0.15, 0.2) is 16.6 Å². The molecule has 3 nitrogen and oxygen atoms in total. The van der Waals surface area contributed by atoms with Crippen molar-refractivity contribution in [3.63, 3.8) is 0 Å². The van der Waals surface area contributed by atoms with Crippen molar-refractivity contribution in [3.05, 3.63) is 16.6 Å². The van der Waals surface area contributed by atoms with E-state index >= 15 is 0 Å². The molecule has 4 radical (unpaired) electrons. The van der Waals surface area contributed by atoms with Crippen LogP contribution in [0.4, 0.5) is 5.69 Å². The molecule has 0 aromatic heterocycles. The van der Waals surface area contributed by atoms with Crippen molar-refractivity contribution in [3.8, 4) is 5.75 Å². The summed E-state index contributed by atoms with van der Waals surface area (Å²) in [6, 6.07) is 3.29. The minimum atomic E-state index is -0.283. The number of fused-ring (bicyclic) bond motifs is 1. The van der Waals surface area contributed by atoms with E-state index in [0.29, 0.717) is 21.4 Å². The van der Waals surface area contributed by atoms with Crippen LogP contribution in [0.2, 0.25) is 0 Å². The van der Waals surface area contributed by atoms with Gasteiger partial charge in [0.15, 0.2) is 6.61 Å². The van der Waals surface area contributed by atoms with Gasteiger partial charge in [0.2, 0.25) is 7.98 Å². The molecule has 0 saturated heterocycles. The maximum absolute atomic E-state index is 11.2. The van der Waals surface area contributed by atoms with E-state index in [1.54, 1.807) is 12.1 Å². The Bertz CT molecular complexity index is 411. The molecule has 1 heterocycles. The summed E-state index contributed by atoms with van der Waals surface area (Å²) in [6.07, 6.45) is 0. The Kier molecular flexibility index (Phi) is 2.31. The molecular weight excluding hydrogens is 244 g/mol. The molecule has 0 N–H and O–H groups in total. The fraction of sp³-hybridized carbons (Fsp3) is 0.125. The first-order valence-electron chi connectivity index (χ1n) is 3.89. The van der Waals surface area contributed by atoms with Crippen molar-refractivity contribution >= 4 is 48.8 Å². The number of hydrogen-bond acceptors (Lipinski definition) is 2.